The monoisotopic (exact) mass is 254 g/mol. The van der Waals surface area contributed by atoms with Crippen LogP contribution < -0.4 is 0 Å². The van der Waals surface area contributed by atoms with Crippen molar-refractivity contribution in [1.29, 1.82) is 0 Å². The minimum Gasteiger partial charge on any atom is -0.390 e. The Hall–Kier alpha value is -0.120. The Kier molecular flexibility index (Phi) is 2.37. The smallest absolute Gasteiger partial charge is 0.0911 e. The Morgan fingerprint density at radius 1 is 1.00 bits per heavy atom. The van der Waals surface area contributed by atoms with E-state index in [9.17, 15) is 15.3 Å². The second-order valence-electron chi connectivity index (χ2n) is 8.05. The summed E-state index contributed by atoms with van der Waals surface area (Å²) in [6.07, 6.45) is 3.79. The van der Waals surface area contributed by atoms with Crippen molar-refractivity contribution in [3.63, 3.8) is 0 Å². The fourth-order valence-corrected chi connectivity index (χ4v) is 5.13. The van der Waals surface area contributed by atoms with Crippen LogP contribution in [0.2, 0.25) is 0 Å². The molecule has 104 valence electrons. The molecule has 0 aromatic rings. The maximum absolute atomic E-state index is 11.1. The SMILES string of the molecule is CC1(C)C[C@@H]2[C@@]3(C)CC[C@@H](O)[C@@](O)(CC[C@]21O)C3. The number of hydrogen-bond donors (Lipinski definition) is 3. The van der Waals surface area contributed by atoms with Crippen LogP contribution >= 0.6 is 0 Å². The molecule has 3 aliphatic rings. The van der Waals surface area contributed by atoms with Gasteiger partial charge in [0, 0.05) is 0 Å². The molecule has 3 saturated carbocycles. The van der Waals surface area contributed by atoms with Gasteiger partial charge in [0.05, 0.1) is 17.3 Å². The molecular weight excluding hydrogens is 228 g/mol. The molecule has 3 N–H and O–H groups in total. The zero-order valence-corrected chi connectivity index (χ0v) is 11.7. The summed E-state index contributed by atoms with van der Waals surface area (Å²) in [5, 5.41) is 31.9. The van der Waals surface area contributed by atoms with Gasteiger partial charge in [-0.2, -0.15) is 0 Å². The quantitative estimate of drug-likeness (QED) is 0.618. The number of fused-ring (bicyclic) bond motifs is 4. The Bertz CT molecular complexity index is 380. The third-order valence-corrected chi connectivity index (χ3v) is 6.56. The van der Waals surface area contributed by atoms with Crippen molar-refractivity contribution < 1.29 is 15.3 Å². The summed E-state index contributed by atoms with van der Waals surface area (Å²) in [5.74, 6) is 0.279. The number of aliphatic hydroxyl groups is 3. The van der Waals surface area contributed by atoms with Gasteiger partial charge in [-0.1, -0.05) is 20.8 Å². The van der Waals surface area contributed by atoms with Crippen molar-refractivity contribution in [2.75, 3.05) is 0 Å². The van der Waals surface area contributed by atoms with Crippen LogP contribution in [-0.2, 0) is 0 Å². The van der Waals surface area contributed by atoms with E-state index in [1.807, 2.05) is 0 Å². The normalized spacial score (nSPS) is 58.3. The van der Waals surface area contributed by atoms with Crippen LogP contribution in [0, 0.1) is 16.7 Å². The van der Waals surface area contributed by atoms with E-state index in [-0.39, 0.29) is 16.7 Å². The van der Waals surface area contributed by atoms with Gasteiger partial charge in [-0.15, -0.1) is 0 Å². The summed E-state index contributed by atoms with van der Waals surface area (Å²) >= 11 is 0. The molecule has 3 nitrogen and oxygen atoms in total. The molecule has 0 unspecified atom stereocenters. The Morgan fingerprint density at radius 2 is 1.67 bits per heavy atom. The average molecular weight is 254 g/mol. The summed E-state index contributed by atoms with van der Waals surface area (Å²) in [6.45, 7) is 6.45. The summed E-state index contributed by atoms with van der Waals surface area (Å²) in [4.78, 5) is 0. The molecule has 0 amide bonds. The molecule has 0 spiro atoms. The molecule has 0 saturated heterocycles. The number of hydrogen-bond acceptors (Lipinski definition) is 3. The van der Waals surface area contributed by atoms with Crippen molar-refractivity contribution in [1.82, 2.24) is 0 Å². The van der Waals surface area contributed by atoms with E-state index < -0.39 is 17.3 Å². The van der Waals surface area contributed by atoms with Crippen molar-refractivity contribution >= 4 is 0 Å². The molecule has 3 aliphatic carbocycles. The van der Waals surface area contributed by atoms with Crippen LogP contribution in [0.3, 0.4) is 0 Å². The maximum Gasteiger partial charge on any atom is 0.0911 e. The third kappa shape index (κ3) is 1.36. The first-order chi connectivity index (χ1) is 8.13. The van der Waals surface area contributed by atoms with E-state index in [4.69, 9.17) is 0 Å². The van der Waals surface area contributed by atoms with Gasteiger partial charge in [0.2, 0.25) is 0 Å². The van der Waals surface area contributed by atoms with Crippen LogP contribution in [0.4, 0.5) is 0 Å². The van der Waals surface area contributed by atoms with Crippen LogP contribution in [0.25, 0.3) is 0 Å². The maximum atomic E-state index is 11.1. The molecule has 0 aliphatic heterocycles. The molecule has 3 fully saturated rings. The van der Waals surface area contributed by atoms with Gasteiger partial charge in [-0.05, 0) is 55.3 Å². The molecule has 0 heterocycles. The number of aliphatic hydroxyl groups excluding tert-OH is 1. The van der Waals surface area contributed by atoms with Gasteiger partial charge >= 0.3 is 0 Å². The van der Waals surface area contributed by atoms with Crippen molar-refractivity contribution in [2.45, 2.75) is 76.6 Å². The van der Waals surface area contributed by atoms with E-state index in [0.29, 0.717) is 25.7 Å². The third-order valence-electron chi connectivity index (χ3n) is 6.56. The molecule has 0 aromatic heterocycles. The minimum atomic E-state index is -0.976. The second-order valence-corrected chi connectivity index (χ2v) is 8.05. The molecule has 3 rings (SSSR count). The van der Waals surface area contributed by atoms with Gasteiger partial charge in [0.15, 0.2) is 0 Å². The van der Waals surface area contributed by atoms with Crippen LogP contribution in [0.15, 0.2) is 0 Å². The molecule has 2 bridgehead atoms. The predicted molar refractivity (Wildman–Crippen MR) is 69.0 cm³/mol. The first kappa shape index (κ1) is 12.9. The average Bonchev–Trinajstić information content (AvgIpc) is 2.33. The van der Waals surface area contributed by atoms with E-state index in [2.05, 4.69) is 20.8 Å². The minimum absolute atomic E-state index is 0.0191. The van der Waals surface area contributed by atoms with Crippen molar-refractivity contribution in [3.05, 3.63) is 0 Å². The number of rotatable bonds is 0. The van der Waals surface area contributed by atoms with E-state index in [1.54, 1.807) is 0 Å². The van der Waals surface area contributed by atoms with E-state index >= 15 is 0 Å². The fourth-order valence-electron chi connectivity index (χ4n) is 5.13. The Labute approximate surface area is 109 Å². The van der Waals surface area contributed by atoms with Crippen LogP contribution in [0.1, 0.15) is 59.3 Å². The molecule has 5 atom stereocenters. The van der Waals surface area contributed by atoms with Gasteiger partial charge < -0.3 is 15.3 Å². The van der Waals surface area contributed by atoms with Crippen molar-refractivity contribution in [3.8, 4) is 0 Å². The predicted octanol–water partition coefficient (Wildman–Crippen LogP) is 1.84. The molecule has 3 heteroatoms. The topological polar surface area (TPSA) is 60.7 Å². The Morgan fingerprint density at radius 3 is 2.28 bits per heavy atom. The summed E-state index contributed by atoms with van der Waals surface area (Å²) < 4.78 is 0. The first-order valence-electron chi connectivity index (χ1n) is 7.26. The summed E-state index contributed by atoms with van der Waals surface area (Å²) in [7, 11) is 0. The lowest BCUT2D eigenvalue weighted by Crippen LogP contribution is -2.65. The fraction of sp³-hybridized carbons (Fsp3) is 1.00. The molecule has 18 heavy (non-hydrogen) atoms. The molecular formula is C15H26O3. The van der Waals surface area contributed by atoms with Gasteiger partial charge in [0.1, 0.15) is 0 Å². The highest BCUT2D eigenvalue weighted by atomic mass is 16.3. The van der Waals surface area contributed by atoms with E-state index in [0.717, 1.165) is 12.8 Å². The van der Waals surface area contributed by atoms with E-state index in [1.165, 1.54) is 0 Å². The lowest BCUT2D eigenvalue weighted by Gasteiger charge is -2.64. The summed E-state index contributed by atoms with van der Waals surface area (Å²) in [6, 6.07) is 0. The lowest BCUT2D eigenvalue weighted by atomic mass is 9.44. The van der Waals surface area contributed by atoms with Gasteiger partial charge in [0.25, 0.3) is 0 Å². The van der Waals surface area contributed by atoms with Crippen LogP contribution in [-0.4, -0.2) is 32.6 Å². The lowest BCUT2D eigenvalue weighted by molar-refractivity contribution is -0.241. The standard InChI is InChI=1S/C15H26O3/c1-12(2)8-10-13(3)5-4-11(16)14(17,9-13)6-7-15(10,12)18/h10-11,16-18H,4-9H2,1-3H3/t10-,11-,13+,14-,15+/m1/s1. The van der Waals surface area contributed by atoms with Gasteiger partial charge in [-0.25, -0.2) is 0 Å². The van der Waals surface area contributed by atoms with Crippen molar-refractivity contribution in [2.24, 2.45) is 16.7 Å². The highest BCUT2D eigenvalue weighted by Crippen LogP contribution is 2.68. The molecule has 0 aromatic carbocycles. The summed E-state index contributed by atoms with van der Waals surface area (Å²) in [5.41, 5.74) is -1.71. The van der Waals surface area contributed by atoms with Crippen LogP contribution in [0.5, 0.6) is 0 Å². The highest BCUT2D eigenvalue weighted by molar-refractivity contribution is 5.19. The zero-order valence-electron chi connectivity index (χ0n) is 11.7. The zero-order chi connectivity index (χ0) is 13.4. The second kappa shape index (κ2) is 3.31. The molecule has 0 radical (unpaired) electrons. The van der Waals surface area contributed by atoms with Gasteiger partial charge in [-0.3, -0.25) is 0 Å². The Balaban J connectivity index is 2.00. The largest absolute Gasteiger partial charge is 0.390 e. The highest BCUT2D eigenvalue weighted by Gasteiger charge is 2.68. The first-order valence-corrected chi connectivity index (χ1v) is 7.26.